The molecular weight excluding hydrogens is 344 g/mol. The number of phenolic OH excluding ortho intramolecular Hbond substituents is 1. The average molecular weight is 353 g/mol. The molecule has 0 aromatic heterocycles. The first kappa shape index (κ1) is 13.2. The van der Waals surface area contributed by atoms with E-state index in [1.807, 2.05) is 24.3 Å². The molecule has 0 fully saturated rings. The molecule has 0 bridgehead atoms. The fraction of sp³-hybridized carbons (Fsp3) is 0. The number of hydrogen-bond acceptors (Lipinski definition) is 3. The lowest BCUT2D eigenvalue weighted by Crippen LogP contribution is -2.21. The van der Waals surface area contributed by atoms with Crippen LogP contribution < -0.4 is 0 Å². The number of halogens is 1. The zero-order valence-electron chi connectivity index (χ0n) is 11.3. The van der Waals surface area contributed by atoms with Gasteiger partial charge < -0.3 is 5.11 Å². The molecule has 0 spiro atoms. The van der Waals surface area contributed by atoms with Crippen LogP contribution in [-0.4, -0.2) is 16.7 Å². The second-order valence-electron chi connectivity index (χ2n) is 5.21. The molecule has 1 aliphatic rings. The molecule has 0 atom stereocenters. The maximum atomic E-state index is 12.9. The molecule has 4 heteroatoms. The van der Waals surface area contributed by atoms with Gasteiger partial charge in [0.25, 0.3) is 0 Å². The van der Waals surface area contributed by atoms with Crippen LogP contribution in [0, 0.1) is 0 Å². The lowest BCUT2D eigenvalue weighted by molar-refractivity contribution is 0.0978. The van der Waals surface area contributed by atoms with Crippen LogP contribution in [0.1, 0.15) is 31.8 Å². The van der Waals surface area contributed by atoms with E-state index >= 15 is 0 Å². The lowest BCUT2D eigenvalue weighted by atomic mass is 9.81. The molecule has 0 radical (unpaired) electrons. The van der Waals surface area contributed by atoms with Crippen LogP contribution in [-0.2, 0) is 0 Å². The van der Waals surface area contributed by atoms with Crippen molar-refractivity contribution in [3.63, 3.8) is 0 Å². The molecule has 0 saturated carbocycles. The molecule has 3 aromatic rings. The Morgan fingerprint density at radius 1 is 0.818 bits per heavy atom. The Morgan fingerprint density at radius 3 is 2.36 bits per heavy atom. The van der Waals surface area contributed by atoms with Crippen molar-refractivity contribution in [2.75, 3.05) is 0 Å². The third kappa shape index (κ3) is 1.67. The zero-order valence-corrected chi connectivity index (χ0v) is 12.8. The summed E-state index contributed by atoms with van der Waals surface area (Å²) in [7, 11) is 0. The van der Waals surface area contributed by atoms with Crippen molar-refractivity contribution in [2.45, 2.75) is 0 Å². The number of ketones is 2. The molecule has 0 unspecified atom stereocenters. The van der Waals surface area contributed by atoms with Crippen LogP contribution in [0.2, 0.25) is 0 Å². The smallest absolute Gasteiger partial charge is 0.198 e. The molecule has 1 N–H and O–H groups in total. The minimum Gasteiger partial charge on any atom is -0.507 e. The third-order valence-corrected chi connectivity index (χ3v) is 4.46. The van der Waals surface area contributed by atoms with Gasteiger partial charge in [0.1, 0.15) is 5.75 Å². The minimum absolute atomic E-state index is 0.0903. The van der Waals surface area contributed by atoms with Crippen LogP contribution in [0.5, 0.6) is 5.75 Å². The second kappa shape index (κ2) is 4.52. The summed E-state index contributed by atoms with van der Waals surface area (Å²) in [4.78, 5) is 25.5. The predicted molar refractivity (Wildman–Crippen MR) is 86.6 cm³/mol. The van der Waals surface area contributed by atoms with E-state index in [4.69, 9.17) is 0 Å². The summed E-state index contributed by atoms with van der Waals surface area (Å²) in [6.45, 7) is 0. The highest BCUT2D eigenvalue weighted by Gasteiger charge is 2.33. The van der Waals surface area contributed by atoms with Crippen LogP contribution in [0.3, 0.4) is 0 Å². The fourth-order valence-corrected chi connectivity index (χ4v) is 3.32. The Hall–Kier alpha value is -2.46. The minimum atomic E-state index is -0.314. The van der Waals surface area contributed by atoms with Crippen molar-refractivity contribution in [3.8, 4) is 5.75 Å². The molecule has 22 heavy (non-hydrogen) atoms. The highest BCUT2D eigenvalue weighted by atomic mass is 79.9. The largest absolute Gasteiger partial charge is 0.507 e. The van der Waals surface area contributed by atoms with E-state index in [-0.39, 0.29) is 28.4 Å². The van der Waals surface area contributed by atoms with Gasteiger partial charge in [0, 0.05) is 21.2 Å². The number of fused-ring (bicyclic) bond motifs is 4. The number of rotatable bonds is 0. The molecule has 0 heterocycles. The van der Waals surface area contributed by atoms with Crippen LogP contribution in [0.25, 0.3) is 10.8 Å². The number of carbonyl (C=O) groups is 2. The topological polar surface area (TPSA) is 54.4 Å². The highest BCUT2D eigenvalue weighted by Crippen LogP contribution is 2.36. The Balaban J connectivity index is 2.14. The summed E-state index contributed by atoms with van der Waals surface area (Å²) in [6.07, 6.45) is 0. The monoisotopic (exact) mass is 352 g/mol. The summed E-state index contributed by atoms with van der Waals surface area (Å²) in [6, 6.07) is 13.7. The Morgan fingerprint density at radius 2 is 1.55 bits per heavy atom. The molecule has 4 rings (SSSR count). The summed E-state index contributed by atoms with van der Waals surface area (Å²) in [5.41, 5.74) is 1.09. The molecule has 3 aromatic carbocycles. The van der Waals surface area contributed by atoms with Crippen molar-refractivity contribution >= 4 is 38.3 Å². The van der Waals surface area contributed by atoms with Crippen molar-refractivity contribution in [2.24, 2.45) is 0 Å². The van der Waals surface area contributed by atoms with Gasteiger partial charge in [-0.15, -0.1) is 0 Å². The van der Waals surface area contributed by atoms with Crippen molar-refractivity contribution < 1.29 is 14.7 Å². The molecule has 0 amide bonds. The van der Waals surface area contributed by atoms with Gasteiger partial charge in [0.05, 0.1) is 5.56 Å². The standard InChI is InChI=1S/C18H9BrO3/c19-10-6-4-9-5-7-12-15(13(9)8-10)18(22)16-11(17(12)21)2-1-3-14(16)20/h1-8,20H. The quantitative estimate of drug-likeness (QED) is 0.518. The van der Waals surface area contributed by atoms with Crippen LogP contribution in [0.4, 0.5) is 0 Å². The van der Waals surface area contributed by atoms with E-state index in [9.17, 15) is 14.7 Å². The number of hydrogen-bond donors (Lipinski definition) is 1. The van der Waals surface area contributed by atoms with Gasteiger partial charge in [-0.25, -0.2) is 0 Å². The average Bonchev–Trinajstić information content (AvgIpc) is 2.51. The van der Waals surface area contributed by atoms with E-state index in [2.05, 4.69) is 15.9 Å². The molecule has 1 aliphatic carbocycles. The van der Waals surface area contributed by atoms with E-state index in [0.717, 1.165) is 9.86 Å². The van der Waals surface area contributed by atoms with Gasteiger partial charge in [0.2, 0.25) is 0 Å². The van der Waals surface area contributed by atoms with Gasteiger partial charge in [-0.1, -0.05) is 40.2 Å². The number of benzene rings is 3. The summed E-state index contributed by atoms with van der Waals surface area (Å²) in [5.74, 6) is -0.706. The maximum Gasteiger partial charge on any atom is 0.198 e. The predicted octanol–water partition coefficient (Wildman–Crippen LogP) is 4.08. The molecule has 0 aliphatic heterocycles. The second-order valence-corrected chi connectivity index (χ2v) is 6.13. The Kier molecular flexibility index (Phi) is 2.71. The maximum absolute atomic E-state index is 12.9. The van der Waals surface area contributed by atoms with Crippen molar-refractivity contribution in [1.29, 1.82) is 0 Å². The van der Waals surface area contributed by atoms with E-state index in [1.54, 1.807) is 18.2 Å². The molecule has 106 valence electrons. The highest BCUT2D eigenvalue weighted by molar-refractivity contribution is 9.10. The Bertz CT molecular complexity index is 989. The number of aromatic hydroxyl groups is 1. The number of phenols is 1. The normalized spacial score (nSPS) is 13.1. The van der Waals surface area contributed by atoms with Gasteiger partial charge in [-0.05, 0) is 35.0 Å². The summed E-state index contributed by atoms with van der Waals surface area (Å²) in [5, 5.41) is 11.6. The van der Waals surface area contributed by atoms with Gasteiger partial charge in [-0.2, -0.15) is 0 Å². The first-order valence-electron chi connectivity index (χ1n) is 6.71. The van der Waals surface area contributed by atoms with Gasteiger partial charge >= 0.3 is 0 Å². The summed E-state index contributed by atoms with van der Waals surface area (Å²) >= 11 is 3.40. The van der Waals surface area contributed by atoms with Crippen LogP contribution in [0.15, 0.2) is 53.0 Å². The summed E-state index contributed by atoms with van der Waals surface area (Å²) < 4.78 is 0.830. The number of carbonyl (C=O) groups excluding carboxylic acids is 2. The fourth-order valence-electron chi connectivity index (χ4n) is 2.96. The molecule has 0 saturated heterocycles. The SMILES string of the molecule is O=C1c2cccc(O)c2C(=O)c2c1ccc1ccc(Br)cc21. The zero-order chi connectivity index (χ0) is 15.4. The van der Waals surface area contributed by atoms with Crippen LogP contribution >= 0.6 is 15.9 Å². The van der Waals surface area contributed by atoms with E-state index in [0.29, 0.717) is 16.5 Å². The molecule has 3 nitrogen and oxygen atoms in total. The first-order chi connectivity index (χ1) is 10.6. The van der Waals surface area contributed by atoms with Crippen molar-refractivity contribution in [3.05, 3.63) is 75.3 Å². The van der Waals surface area contributed by atoms with Gasteiger partial charge in [0.15, 0.2) is 11.6 Å². The van der Waals surface area contributed by atoms with E-state index in [1.165, 1.54) is 6.07 Å². The Labute approximate surface area is 134 Å². The molecular formula is C18H9BrO3. The van der Waals surface area contributed by atoms with E-state index < -0.39 is 0 Å². The third-order valence-electron chi connectivity index (χ3n) is 3.97. The van der Waals surface area contributed by atoms with Crippen molar-refractivity contribution in [1.82, 2.24) is 0 Å². The first-order valence-corrected chi connectivity index (χ1v) is 7.51. The lowest BCUT2D eigenvalue weighted by Gasteiger charge is -2.20. The van der Waals surface area contributed by atoms with Gasteiger partial charge in [-0.3, -0.25) is 9.59 Å².